The van der Waals surface area contributed by atoms with Crippen LogP contribution in [-0.2, 0) is 4.74 Å². The average Bonchev–Trinajstić information content (AvgIpc) is 3.42. The molecule has 1 atom stereocenters. The molecule has 0 bridgehead atoms. The van der Waals surface area contributed by atoms with Gasteiger partial charge in [-0.15, -0.1) is 0 Å². The molecular weight excluding hydrogens is 511 g/mol. The number of amides is 1. The number of esters is 1. The van der Waals surface area contributed by atoms with Crippen molar-refractivity contribution in [2.24, 2.45) is 0 Å². The van der Waals surface area contributed by atoms with Gasteiger partial charge >= 0.3 is 5.97 Å². The van der Waals surface area contributed by atoms with Crippen LogP contribution in [0, 0.1) is 12.7 Å². The largest absolute Gasteiger partial charge is 0.494 e. The van der Waals surface area contributed by atoms with Crippen LogP contribution >= 0.6 is 11.3 Å². The topological polar surface area (TPSA) is 98.9 Å². The van der Waals surface area contributed by atoms with Crippen LogP contribution in [0.2, 0.25) is 0 Å². The molecule has 38 heavy (non-hydrogen) atoms. The van der Waals surface area contributed by atoms with Crippen LogP contribution in [0.3, 0.4) is 0 Å². The number of fused-ring (bicyclic) bond motifs is 2. The van der Waals surface area contributed by atoms with Crippen LogP contribution < -0.4 is 15.1 Å². The summed E-state index contributed by atoms with van der Waals surface area (Å²) in [6, 6.07) is 9.75. The van der Waals surface area contributed by atoms with Gasteiger partial charge in [-0.05, 0) is 56.2 Å². The van der Waals surface area contributed by atoms with Crippen molar-refractivity contribution >= 4 is 39.3 Å². The predicted octanol–water partition coefficient (Wildman–Crippen LogP) is 5.80. The second-order valence-corrected chi connectivity index (χ2v) is 9.77. The molecule has 1 aliphatic rings. The van der Waals surface area contributed by atoms with Crippen LogP contribution in [0.4, 0.5) is 9.52 Å². The third-order valence-electron chi connectivity index (χ3n) is 6.25. The standard InChI is InChI=1S/C28H25FN2O6S/c1-4-6-13-36-18-10-7-16(8-11-18)22-21-23(32)19-14-17(29)9-12-20(19)37-24(21)26(33)31(22)28-30-15(3)25(38-28)27(34)35-5-2/h7-12,14,22H,4-6,13H2,1-3H3. The number of hydrogen-bond donors (Lipinski definition) is 0. The number of aryl methyl sites for hydroxylation is 1. The number of halogens is 1. The molecule has 5 rings (SSSR count). The summed E-state index contributed by atoms with van der Waals surface area (Å²) in [6.07, 6.45) is 1.91. The van der Waals surface area contributed by atoms with Gasteiger partial charge in [-0.1, -0.05) is 36.8 Å². The molecule has 0 saturated heterocycles. The SMILES string of the molecule is CCCCOc1ccc(C2c3c(oc4ccc(F)cc4c3=O)C(=O)N2c2nc(C)c(C(=O)OCC)s2)cc1. The van der Waals surface area contributed by atoms with Gasteiger partial charge in [-0.25, -0.2) is 14.2 Å². The van der Waals surface area contributed by atoms with E-state index in [1.165, 1.54) is 17.0 Å². The zero-order valence-corrected chi connectivity index (χ0v) is 21.9. The number of carbonyl (C=O) groups is 2. The molecule has 0 spiro atoms. The smallest absolute Gasteiger partial charge is 0.350 e. The Bertz CT molecular complexity index is 1590. The molecule has 0 radical (unpaired) electrons. The van der Waals surface area contributed by atoms with E-state index in [9.17, 15) is 18.8 Å². The highest BCUT2D eigenvalue weighted by Gasteiger charge is 2.45. The van der Waals surface area contributed by atoms with Crippen LogP contribution in [0.25, 0.3) is 11.0 Å². The van der Waals surface area contributed by atoms with E-state index in [0.29, 0.717) is 23.6 Å². The Balaban J connectivity index is 1.66. The van der Waals surface area contributed by atoms with Gasteiger partial charge in [0.1, 0.15) is 22.0 Å². The minimum Gasteiger partial charge on any atom is -0.494 e. The third kappa shape index (κ3) is 4.45. The Morgan fingerprint density at radius 1 is 1.16 bits per heavy atom. The lowest BCUT2D eigenvalue weighted by atomic mass is 9.98. The zero-order chi connectivity index (χ0) is 27.0. The van der Waals surface area contributed by atoms with Gasteiger partial charge in [0, 0.05) is 0 Å². The van der Waals surface area contributed by atoms with Crippen molar-refractivity contribution in [1.29, 1.82) is 0 Å². The van der Waals surface area contributed by atoms with Gasteiger partial charge in [0.15, 0.2) is 10.6 Å². The number of anilines is 1. The van der Waals surface area contributed by atoms with Crippen LogP contribution in [0.5, 0.6) is 5.75 Å². The Morgan fingerprint density at radius 3 is 2.63 bits per heavy atom. The highest BCUT2D eigenvalue weighted by molar-refractivity contribution is 7.17. The lowest BCUT2D eigenvalue weighted by molar-refractivity contribution is 0.0531. The Labute approximate surface area is 221 Å². The highest BCUT2D eigenvalue weighted by Crippen LogP contribution is 2.43. The Morgan fingerprint density at radius 2 is 1.92 bits per heavy atom. The van der Waals surface area contributed by atoms with E-state index in [1.807, 2.05) is 0 Å². The van der Waals surface area contributed by atoms with E-state index in [4.69, 9.17) is 13.9 Å². The molecule has 2 aromatic carbocycles. The molecular formula is C28H25FN2O6S. The molecule has 2 aromatic heterocycles. The van der Waals surface area contributed by atoms with Crippen molar-refractivity contribution in [3.63, 3.8) is 0 Å². The third-order valence-corrected chi connectivity index (χ3v) is 7.38. The molecule has 196 valence electrons. The summed E-state index contributed by atoms with van der Waals surface area (Å²) in [7, 11) is 0. The van der Waals surface area contributed by atoms with Gasteiger partial charge in [-0.2, -0.15) is 0 Å². The van der Waals surface area contributed by atoms with Crippen molar-refractivity contribution in [2.45, 2.75) is 39.7 Å². The first kappa shape index (κ1) is 25.6. The fourth-order valence-electron chi connectivity index (χ4n) is 4.41. The summed E-state index contributed by atoms with van der Waals surface area (Å²) in [6.45, 7) is 6.19. The quantitative estimate of drug-likeness (QED) is 0.207. The molecule has 1 amide bonds. The van der Waals surface area contributed by atoms with Gasteiger partial charge < -0.3 is 13.9 Å². The molecule has 8 nitrogen and oxygen atoms in total. The van der Waals surface area contributed by atoms with Gasteiger partial charge in [-0.3, -0.25) is 14.5 Å². The maximum atomic E-state index is 14.0. The number of thiazole rings is 1. The number of benzene rings is 2. The van der Waals surface area contributed by atoms with E-state index < -0.39 is 29.2 Å². The lowest BCUT2D eigenvalue weighted by Crippen LogP contribution is -2.29. The van der Waals surface area contributed by atoms with E-state index >= 15 is 0 Å². The van der Waals surface area contributed by atoms with E-state index in [0.717, 1.165) is 30.2 Å². The van der Waals surface area contributed by atoms with Gasteiger partial charge in [0.05, 0.1) is 35.9 Å². The number of nitrogens with zero attached hydrogens (tertiary/aromatic N) is 2. The predicted molar refractivity (Wildman–Crippen MR) is 141 cm³/mol. The molecule has 4 aromatic rings. The number of carbonyl (C=O) groups excluding carboxylic acids is 2. The first-order valence-corrected chi connectivity index (χ1v) is 13.1. The minimum atomic E-state index is -0.910. The van der Waals surface area contributed by atoms with Crippen molar-refractivity contribution in [3.8, 4) is 5.75 Å². The molecule has 1 unspecified atom stereocenters. The molecule has 0 N–H and O–H groups in total. The van der Waals surface area contributed by atoms with E-state index in [2.05, 4.69) is 11.9 Å². The average molecular weight is 537 g/mol. The zero-order valence-electron chi connectivity index (χ0n) is 21.1. The molecule has 1 aliphatic heterocycles. The maximum Gasteiger partial charge on any atom is 0.350 e. The molecule has 0 aliphatic carbocycles. The Hall–Kier alpha value is -4.05. The van der Waals surface area contributed by atoms with Crippen LogP contribution in [0.1, 0.15) is 69.8 Å². The number of unbranched alkanes of at least 4 members (excludes halogenated alkanes) is 1. The first-order valence-electron chi connectivity index (χ1n) is 12.3. The normalized spacial score (nSPS) is 14.7. The molecule has 3 heterocycles. The summed E-state index contributed by atoms with van der Waals surface area (Å²) < 4.78 is 30.8. The second-order valence-electron chi connectivity index (χ2n) is 8.79. The molecule has 0 fully saturated rings. The lowest BCUT2D eigenvalue weighted by Gasteiger charge is -2.22. The van der Waals surface area contributed by atoms with E-state index in [-0.39, 0.29) is 38.9 Å². The monoisotopic (exact) mass is 536 g/mol. The highest BCUT2D eigenvalue weighted by atomic mass is 32.1. The maximum absolute atomic E-state index is 14.0. The summed E-state index contributed by atoms with van der Waals surface area (Å²) in [5.41, 5.74) is 0.680. The summed E-state index contributed by atoms with van der Waals surface area (Å²) in [5.74, 6) is -1.21. The van der Waals surface area contributed by atoms with Crippen LogP contribution in [-0.4, -0.2) is 30.1 Å². The van der Waals surface area contributed by atoms with Crippen molar-refractivity contribution in [3.05, 3.63) is 86.0 Å². The number of aromatic nitrogens is 1. The molecule has 10 heteroatoms. The summed E-state index contributed by atoms with van der Waals surface area (Å²) in [5, 5.41) is 0.246. The fraction of sp³-hybridized carbons (Fsp3) is 0.286. The van der Waals surface area contributed by atoms with Crippen molar-refractivity contribution < 1.29 is 27.9 Å². The van der Waals surface area contributed by atoms with Crippen molar-refractivity contribution in [2.75, 3.05) is 18.1 Å². The summed E-state index contributed by atoms with van der Waals surface area (Å²) in [4.78, 5) is 46.0. The first-order chi connectivity index (χ1) is 18.3. The number of rotatable bonds is 8. The van der Waals surface area contributed by atoms with Gasteiger partial charge in [0.25, 0.3) is 5.91 Å². The number of ether oxygens (including phenoxy) is 2. The van der Waals surface area contributed by atoms with Crippen LogP contribution in [0.15, 0.2) is 51.7 Å². The molecule has 0 saturated carbocycles. The van der Waals surface area contributed by atoms with Gasteiger partial charge in [0.2, 0.25) is 5.76 Å². The number of hydrogen-bond acceptors (Lipinski definition) is 8. The van der Waals surface area contributed by atoms with E-state index in [1.54, 1.807) is 38.1 Å². The second kappa shape index (κ2) is 10.4. The fourth-order valence-corrected chi connectivity index (χ4v) is 5.40. The Kier molecular flexibility index (Phi) is 6.98. The summed E-state index contributed by atoms with van der Waals surface area (Å²) >= 11 is 0.998. The minimum absolute atomic E-state index is 0.0328. The van der Waals surface area contributed by atoms with Crippen molar-refractivity contribution in [1.82, 2.24) is 4.98 Å².